The maximum absolute atomic E-state index is 12.2. The average Bonchev–Trinajstić information content (AvgIpc) is 2.73. The largest absolute Gasteiger partial charge is 0.497 e. The predicted octanol–water partition coefficient (Wildman–Crippen LogP) is 4.33. The lowest BCUT2D eigenvalue weighted by molar-refractivity contribution is 0.0527. The van der Waals surface area contributed by atoms with E-state index in [0.29, 0.717) is 41.9 Å². The average molecular weight is 392 g/mol. The van der Waals surface area contributed by atoms with Gasteiger partial charge in [-0.3, -0.25) is 0 Å². The number of aromatic nitrogens is 2. The number of nitrogens with one attached hydrogen (secondary N) is 2. The summed E-state index contributed by atoms with van der Waals surface area (Å²) in [7, 11) is 1.64. The summed E-state index contributed by atoms with van der Waals surface area (Å²) in [4.78, 5) is 21.0. The van der Waals surface area contributed by atoms with Crippen LogP contribution in [0.25, 0.3) is 0 Å². The maximum Gasteiger partial charge on any atom is 0.340 e. The van der Waals surface area contributed by atoms with Gasteiger partial charge in [0.25, 0.3) is 0 Å². The highest BCUT2D eigenvalue weighted by atomic mass is 16.5. The number of hydrogen-bond donors (Lipinski definition) is 2. The minimum Gasteiger partial charge on any atom is -0.497 e. The molecule has 0 radical (unpaired) electrons. The lowest BCUT2D eigenvalue weighted by Gasteiger charge is -2.13. The van der Waals surface area contributed by atoms with E-state index < -0.39 is 0 Å². The highest BCUT2D eigenvalue weighted by Crippen LogP contribution is 2.22. The summed E-state index contributed by atoms with van der Waals surface area (Å²) in [6.45, 7) is 4.53. The van der Waals surface area contributed by atoms with Crippen LogP contribution in [-0.4, -0.2) is 29.7 Å². The number of esters is 1. The van der Waals surface area contributed by atoms with E-state index in [1.807, 2.05) is 43.3 Å². The van der Waals surface area contributed by atoms with E-state index in [1.54, 1.807) is 32.2 Å². The third kappa shape index (κ3) is 5.44. The second kappa shape index (κ2) is 9.54. The molecule has 1 aromatic heterocycles. The van der Waals surface area contributed by atoms with Crippen molar-refractivity contribution < 1.29 is 14.3 Å². The lowest BCUT2D eigenvalue weighted by atomic mass is 10.2. The van der Waals surface area contributed by atoms with E-state index >= 15 is 0 Å². The molecule has 7 heteroatoms. The fourth-order valence-corrected chi connectivity index (χ4v) is 2.78. The molecule has 0 saturated carbocycles. The first-order valence-electron chi connectivity index (χ1n) is 9.34. The van der Waals surface area contributed by atoms with Gasteiger partial charge in [0.2, 0.25) is 0 Å². The molecule has 7 nitrogen and oxygen atoms in total. The fraction of sp³-hybridized carbons (Fsp3) is 0.227. The highest BCUT2D eigenvalue weighted by molar-refractivity contribution is 5.96. The summed E-state index contributed by atoms with van der Waals surface area (Å²) in [5.74, 6) is 2.33. The first-order chi connectivity index (χ1) is 14.1. The van der Waals surface area contributed by atoms with Crippen LogP contribution in [0.3, 0.4) is 0 Å². The molecule has 0 saturated heterocycles. The summed E-state index contributed by atoms with van der Waals surface area (Å²) in [5, 5.41) is 6.50. The van der Waals surface area contributed by atoms with Crippen LogP contribution >= 0.6 is 0 Å². The van der Waals surface area contributed by atoms with Crippen molar-refractivity contribution in [3.8, 4) is 5.75 Å². The number of hydrogen-bond acceptors (Lipinski definition) is 7. The molecular formula is C22H24N4O3. The number of aryl methyl sites for hydroxylation is 1. The third-order valence-corrected chi connectivity index (χ3v) is 4.16. The first-order valence-corrected chi connectivity index (χ1v) is 9.34. The second-order valence-corrected chi connectivity index (χ2v) is 6.28. The van der Waals surface area contributed by atoms with Gasteiger partial charge in [-0.2, -0.15) is 0 Å². The van der Waals surface area contributed by atoms with Gasteiger partial charge in [-0.25, -0.2) is 14.8 Å². The van der Waals surface area contributed by atoms with E-state index in [-0.39, 0.29) is 5.97 Å². The standard InChI is InChI=1S/C22H24N4O3/c1-4-29-22(27)18-7-5-6-8-19(18)26-21-13-20(24-15(2)25-21)23-14-16-9-11-17(28-3)12-10-16/h5-13H,4,14H2,1-3H3,(H2,23,24,25,26). The van der Waals surface area contributed by atoms with E-state index in [9.17, 15) is 4.79 Å². The number of anilines is 3. The molecule has 150 valence electrons. The normalized spacial score (nSPS) is 10.3. The summed E-state index contributed by atoms with van der Waals surface area (Å²) in [6, 6.07) is 16.8. The van der Waals surface area contributed by atoms with Crippen LogP contribution in [0.5, 0.6) is 5.75 Å². The van der Waals surface area contributed by atoms with Gasteiger partial charge < -0.3 is 20.1 Å². The van der Waals surface area contributed by atoms with Crippen LogP contribution in [-0.2, 0) is 11.3 Å². The molecule has 2 N–H and O–H groups in total. The quantitative estimate of drug-likeness (QED) is 0.552. The molecule has 0 spiro atoms. The molecule has 0 fully saturated rings. The Morgan fingerprint density at radius 2 is 1.76 bits per heavy atom. The molecule has 0 aliphatic heterocycles. The Bertz CT molecular complexity index is 974. The Balaban J connectivity index is 1.75. The summed E-state index contributed by atoms with van der Waals surface area (Å²) in [5.41, 5.74) is 2.19. The first kappa shape index (κ1) is 20.1. The van der Waals surface area contributed by atoms with Crippen molar-refractivity contribution in [2.75, 3.05) is 24.4 Å². The van der Waals surface area contributed by atoms with Crippen LogP contribution in [0.1, 0.15) is 28.7 Å². The predicted molar refractivity (Wildman–Crippen MR) is 113 cm³/mol. The fourth-order valence-electron chi connectivity index (χ4n) is 2.78. The topological polar surface area (TPSA) is 85.4 Å². The van der Waals surface area contributed by atoms with E-state index in [2.05, 4.69) is 20.6 Å². The number of carbonyl (C=O) groups excluding carboxylic acids is 1. The molecule has 0 bridgehead atoms. The molecule has 1 heterocycles. The zero-order valence-electron chi connectivity index (χ0n) is 16.7. The zero-order chi connectivity index (χ0) is 20.6. The number of benzene rings is 2. The van der Waals surface area contributed by atoms with Gasteiger partial charge in [0, 0.05) is 12.6 Å². The van der Waals surface area contributed by atoms with Gasteiger partial charge in [-0.15, -0.1) is 0 Å². The molecule has 3 aromatic rings. The number of para-hydroxylation sites is 1. The lowest BCUT2D eigenvalue weighted by Crippen LogP contribution is -2.09. The van der Waals surface area contributed by atoms with Crippen molar-refractivity contribution in [2.24, 2.45) is 0 Å². The van der Waals surface area contributed by atoms with Crippen LogP contribution in [0.4, 0.5) is 17.3 Å². The molecule has 0 atom stereocenters. The van der Waals surface area contributed by atoms with Crippen molar-refractivity contribution in [1.29, 1.82) is 0 Å². The third-order valence-electron chi connectivity index (χ3n) is 4.16. The minimum absolute atomic E-state index is 0.319. The molecule has 0 amide bonds. The van der Waals surface area contributed by atoms with Crippen LogP contribution in [0.2, 0.25) is 0 Å². The zero-order valence-corrected chi connectivity index (χ0v) is 16.7. The van der Waals surface area contributed by atoms with Gasteiger partial charge >= 0.3 is 5.97 Å². The molecule has 0 aliphatic carbocycles. The molecule has 0 aliphatic rings. The Labute approximate surface area is 170 Å². The second-order valence-electron chi connectivity index (χ2n) is 6.28. The van der Waals surface area contributed by atoms with Crippen molar-refractivity contribution in [2.45, 2.75) is 20.4 Å². The molecule has 3 rings (SSSR count). The van der Waals surface area contributed by atoms with Crippen molar-refractivity contribution >= 4 is 23.3 Å². The Kier molecular flexibility index (Phi) is 6.63. The molecule has 0 unspecified atom stereocenters. The summed E-state index contributed by atoms with van der Waals surface area (Å²) in [6.07, 6.45) is 0. The smallest absolute Gasteiger partial charge is 0.340 e. The number of ether oxygens (including phenoxy) is 2. The van der Waals surface area contributed by atoms with Crippen LogP contribution in [0, 0.1) is 6.92 Å². The Morgan fingerprint density at radius 3 is 2.48 bits per heavy atom. The van der Waals surface area contributed by atoms with E-state index in [1.165, 1.54) is 0 Å². The van der Waals surface area contributed by atoms with Crippen LogP contribution in [0.15, 0.2) is 54.6 Å². The summed E-state index contributed by atoms with van der Waals surface area (Å²) >= 11 is 0. The maximum atomic E-state index is 12.2. The number of nitrogens with zero attached hydrogens (tertiary/aromatic N) is 2. The van der Waals surface area contributed by atoms with Gasteiger partial charge in [-0.05, 0) is 43.7 Å². The van der Waals surface area contributed by atoms with Crippen molar-refractivity contribution in [3.05, 3.63) is 71.5 Å². The highest BCUT2D eigenvalue weighted by Gasteiger charge is 2.13. The molecule has 29 heavy (non-hydrogen) atoms. The SMILES string of the molecule is CCOC(=O)c1ccccc1Nc1cc(NCc2ccc(OC)cc2)nc(C)n1. The number of carbonyl (C=O) groups is 1. The summed E-state index contributed by atoms with van der Waals surface area (Å²) < 4.78 is 10.3. The van der Waals surface area contributed by atoms with E-state index in [4.69, 9.17) is 9.47 Å². The van der Waals surface area contributed by atoms with Gasteiger partial charge in [0.05, 0.1) is 25.0 Å². The Morgan fingerprint density at radius 1 is 1.03 bits per heavy atom. The monoisotopic (exact) mass is 392 g/mol. The minimum atomic E-state index is -0.376. The van der Waals surface area contributed by atoms with Gasteiger partial charge in [0.15, 0.2) is 0 Å². The van der Waals surface area contributed by atoms with Crippen molar-refractivity contribution in [3.63, 3.8) is 0 Å². The van der Waals surface area contributed by atoms with E-state index in [0.717, 1.165) is 11.3 Å². The Hall–Kier alpha value is -3.61. The molecular weight excluding hydrogens is 368 g/mol. The molecule has 2 aromatic carbocycles. The van der Waals surface area contributed by atoms with Crippen LogP contribution < -0.4 is 15.4 Å². The van der Waals surface area contributed by atoms with Gasteiger partial charge in [-0.1, -0.05) is 24.3 Å². The van der Waals surface area contributed by atoms with Gasteiger partial charge in [0.1, 0.15) is 23.2 Å². The number of rotatable bonds is 8. The van der Waals surface area contributed by atoms with Crippen molar-refractivity contribution in [1.82, 2.24) is 9.97 Å². The number of methoxy groups -OCH3 is 1.